The number of hydrogen-bond acceptors (Lipinski definition) is 4. The minimum absolute atomic E-state index is 0. The van der Waals surface area contributed by atoms with Gasteiger partial charge in [-0.3, -0.25) is 4.79 Å². The lowest BCUT2D eigenvalue weighted by Gasteiger charge is -2.34. The van der Waals surface area contributed by atoms with Crippen LogP contribution in [0.15, 0.2) is 54.6 Å². The van der Waals surface area contributed by atoms with E-state index in [0.29, 0.717) is 6.42 Å². The molecule has 3 N–H and O–H groups in total. The van der Waals surface area contributed by atoms with E-state index >= 15 is 0 Å². The summed E-state index contributed by atoms with van der Waals surface area (Å²) in [6.07, 6.45) is 2.16. The van der Waals surface area contributed by atoms with Gasteiger partial charge in [0.25, 0.3) is 0 Å². The van der Waals surface area contributed by atoms with Gasteiger partial charge in [-0.25, -0.2) is 0 Å². The van der Waals surface area contributed by atoms with Gasteiger partial charge in [0.15, 0.2) is 0 Å². The monoisotopic (exact) mass is 425 g/mol. The summed E-state index contributed by atoms with van der Waals surface area (Å²) in [7, 11) is 1.70. The molecule has 28 heavy (non-hydrogen) atoms. The smallest absolute Gasteiger partial charge is 0.222 e. The first-order valence-corrected chi connectivity index (χ1v) is 9.15. The fourth-order valence-corrected chi connectivity index (χ4v) is 3.46. The van der Waals surface area contributed by atoms with Crippen molar-refractivity contribution in [2.75, 3.05) is 25.1 Å². The van der Waals surface area contributed by atoms with Crippen LogP contribution < -0.4 is 20.7 Å². The topological polar surface area (TPSA) is 67.6 Å². The molecule has 7 heteroatoms. The molecule has 1 heterocycles. The van der Waals surface area contributed by atoms with Gasteiger partial charge in [-0.1, -0.05) is 42.5 Å². The van der Waals surface area contributed by atoms with Crippen molar-refractivity contribution in [3.63, 3.8) is 0 Å². The first kappa shape index (κ1) is 24.1. The number of piperidine rings is 1. The number of anilines is 1. The molecule has 1 atom stereocenters. The van der Waals surface area contributed by atoms with Crippen molar-refractivity contribution in [1.82, 2.24) is 5.32 Å². The van der Waals surface area contributed by atoms with Crippen molar-refractivity contribution < 1.29 is 9.53 Å². The molecule has 0 spiro atoms. The summed E-state index contributed by atoms with van der Waals surface area (Å²) in [6, 6.07) is 17.8. The summed E-state index contributed by atoms with van der Waals surface area (Å²) in [6.45, 7) is 1.80. The van der Waals surface area contributed by atoms with Crippen LogP contribution in [0, 0.1) is 0 Å². The summed E-state index contributed by atoms with van der Waals surface area (Å²) < 4.78 is 5.45. The van der Waals surface area contributed by atoms with Gasteiger partial charge in [0.1, 0.15) is 5.75 Å². The Balaban J connectivity index is 0.00000196. The van der Waals surface area contributed by atoms with E-state index in [2.05, 4.69) is 16.3 Å². The molecule has 0 bridgehead atoms. The molecule has 3 rings (SSSR count). The number of para-hydroxylation sites is 2. The first-order valence-electron chi connectivity index (χ1n) is 9.15. The Kier molecular flexibility index (Phi) is 10.1. The van der Waals surface area contributed by atoms with Crippen LogP contribution in [0.4, 0.5) is 5.69 Å². The Morgan fingerprint density at radius 3 is 2.36 bits per heavy atom. The zero-order valence-corrected chi connectivity index (χ0v) is 17.7. The molecule has 1 amide bonds. The third-order valence-corrected chi connectivity index (χ3v) is 4.92. The molecule has 1 aliphatic rings. The second-order valence-electron chi connectivity index (χ2n) is 6.72. The lowest BCUT2D eigenvalue weighted by atomic mass is 10.0. The predicted octanol–water partition coefficient (Wildman–Crippen LogP) is 3.71. The van der Waals surface area contributed by atoms with Gasteiger partial charge in [-0.15, -0.1) is 24.8 Å². The average Bonchev–Trinajstić information content (AvgIpc) is 2.69. The molecule has 0 saturated carbocycles. The highest BCUT2D eigenvalue weighted by atomic mass is 35.5. The average molecular weight is 426 g/mol. The summed E-state index contributed by atoms with van der Waals surface area (Å²) >= 11 is 0. The number of methoxy groups -OCH3 is 1. The second kappa shape index (κ2) is 11.8. The molecule has 154 valence electrons. The van der Waals surface area contributed by atoms with Gasteiger partial charge in [0.05, 0.1) is 12.8 Å². The van der Waals surface area contributed by atoms with Crippen molar-refractivity contribution >= 4 is 36.4 Å². The van der Waals surface area contributed by atoms with Crippen LogP contribution in [0.1, 0.15) is 30.9 Å². The van der Waals surface area contributed by atoms with E-state index < -0.39 is 0 Å². The molecule has 2 aromatic carbocycles. The number of ether oxygens (including phenoxy) is 1. The van der Waals surface area contributed by atoms with Crippen LogP contribution in [-0.4, -0.2) is 32.1 Å². The van der Waals surface area contributed by atoms with Crippen LogP contribution in [0.2, 0.25) is 0 Å². The standard InChI is InChI=1S/C21H27N3O2.2ClH/c1-26-20-10-6-5-9-19(20)24-13-11-17(12-14-24)23-21(25)15-18(22)16-7-3-2-4-8-16;;/h2-10,17-18H,11-15,22H2,1H3,(H,23,25);2*1H. The molecule has 0 radical (unpaired) electrons. The van der Waals surface area contributed by atoms with Gasteiger partial charge in [0.2, 0.25) is 5.91 Å². The van der Waals surface area contributed by atoms with Crippen molar-refractivity contribution in [3.8, 4) is 5.75 Å². The van der Waals surface area contributed by atoms with Crippen molar-refractivity contribution in [3.05, 3.63) is 60.2 Å². The summed E-state index contributed by atoms with van der Waals surface area (Å²) in [5.41, 5.74) is 8.26. The number of carbonyl (C=O) groups is 1. The molecule has 1 aliphatic heterocycles. The second-order valence-corrected chi connectivity index (χ2v) is 6.72. The first-order chi connectivity index (χ1) is 12.7. The fraction of sp³-hybridized carbons (Fsp3) is 0.381. The molecule has 1 saturated heterocycles. The number of benzene rings is 2. The van der Waals surface area contributed by atoms with Gasteiger partial charge in [0, 0.05) is 31.6 Å². The van der Waals surface area contributed by atoms with E-state index in [9.17, 15) is 4.79 Å². The van der Waals surface area contributed by atoms with Gasteiger partial charge in [-0.2, -0.15) is 0 Å². The van der Waals surface area contributed by atoms with Crippen LogP contribution in [-0.2, 0) is 4.79 Å². The molecule has 0 aromatic heterocycles. The van der Waals surface area contributed by atoms with Gasteiger partial charge >= 0.3 is 0 Å². The van der Waals surface area contributed by atoms with Crippen LogP contribution in [0.3, 0.4) is 0 Å². The minimum atomic E-state index is -0.259. The van der Waals surface area contributed by atoms with E-state index in [1.54, 1.807) is 7.11 Å². The molecule has 5 nitrogen and oxygen atoms in total. The number of halogens is 2. The predicted molar refractivity (Wildman–Crippen MR) is 119 cm³/mol. The van der Waals surface area contributed by atoms with Crippen LogP contribution in [0.25, 0.3) is 0 Å². The lowest BCUT2D eigenvalue weighted by molar-refractivity contribution is -0.122. The van der Waals surface area contributed by atoms with Crippen molar-refractivity contribution in [2.45, 2.75) is 31.3 Å². The number of nitrogens with zero attached hydrogens (tertiary/aromatic N) is 1. The Labute approximate surface area is 179 Å². The van der Waals surface area contributed by atoms with Gasteiger partial charge in [-0.05, 0) is 30.5 Å². The Morgan fingerprint density at radius 1 is 1.11 bits per heavy atom. The SMILES string of the molecule is COc1ccccc1N1CCC(NC(=O)CC(N)c2ccccc2)CC1.Cl.Cl. The number of nitrogens with one attached hydrogen (secondary N) is 1. The zero-order chi connectivity index (χ0) is 18.4. The van der Waals surface area contributed by atoms with E-state index in [4.69, 9.17) is 10.5 Å². The van der Waals surface area contributed by atoms with E-state index in [1.807, 2.05) is 48.5 Å². The highest BCUT2D eigenvalue weighted by Crippen LogP contribution is 2.29. The number of rotatable bonds is 6. The van der Waals surface area contributed by atoms with E-state index in [1.165, 1.54) is 0 Å². The largest absolute Gasteiger partial charge is 0.495 e. The molecular formula is C21H29Cl2N3O2. The number of hydrogen-bond donors (Lipinski definition) is 2. The van der Waals surface area contributed by atoms with E-state index in [0.717, 1.165) is 42.9 Å². The van der Waals surface area contributed by atoms with Gasteiger partial charge < -0.3 is 20.7 Å². The Bertz CT molecular complexity index is 723. The minimum Gasteiger partial charge on any atom is -0.495 e. The quantitative estimate of drug-likeness (QED) is 0.739. The highest BCUT2D eigenvalue weighted by Gasteiger charge is 2.23. The summed E-state index contributed by atoms with van der Waals surface area (Å²) in [5, 5.41) is 3.14. The number of nitrogens with two attached hydrogens (primary N) is 1. The maximum absolute atomic E-state index is 12.3. The normalized spacial score (nSPS) is 15.0. The summed E-state index contributed by atoms with van der Waals surface area (Å²) in [5.74, 6) is 0.918. The van der Waals surface area contributed by atoms with E-state index in [-0.39, 0.29) is 42.8 Å². The number of amides is 1. The van der Waals surface area contributed by atoms with Crippen molar-refractivity contribution in [1.29, 1.82) is 0 Å². The van der Waals surface area contributed by atoms with Crippen LogP contribution >= 0.6 is 24.8 Å². The molecule has 1 unspecified atom stereocenters. The Hall–Kier alpha value is -1.95. The maximum Gasteiger partial charge on any atom is 0.222 e. The highest BCUT2D eigenvalue weighted by molar-refractivity contribution is 5.85. The maximum atomic E-state index is 12.3. The zero-order valence-electron chi connectivity index (χ0n) is 16.0. The Morgan fingerprint density at radius 2 is 1.71 bits per heavy atom. The molecule has 0 aliphatic carbocycles. The molecule has 2 aromatic rings. The molecule has 1 fully saturated rings. The lowest BCUT2D eigenvalue weighted by Crippen LogP contribution is -2.45. The fourth-order valence-electron chi connectivity index (χ4n) is 3.46. The van der Waals surface area contributed by atoms with Crippen molar-refractivity contribution in [2.24, 2.45) is 5.73 Å². The summed E-state index contributed by atoms with van der Waals surface area (Å²) in [4.78, 5) is 14.6. The molecular weight excluding hydrogens is 397 g/mol. The third-order valence-electron chi connectivity index (χ3n) is 4.92. The third kappa shape index (κ3) is 6.30. The van der Waals surface area contributed by atoms with Crippen LogP contribution in [0.5, 0.6) is 5.75 Å². The number of carbonyl (C=O) groups excluding carboxylic acids is 1.